The highest BCUT2D eigenvalue weighted by atomic mass is 16.5. The fraction of sp³-hybridized carbons (Fsp3) is 0.267. The zero-order chi connectivity index (χ0) is 27.0. The van der Waals surface area contributed by atoms with Gasteiger partial charge in [0.1, 0.15) is 11.3 Å². The van der Waals surface area contributed by atoms with Gasteiger partial charge in [0.25, 0.3) is 5.91 Å². The van der Waals surface area contributed by atoms with Gasteiger partial charge in [-0.05, 0) is 60.9 Å². The second-order valence-electron chi connectivity index (χ2n) is 9.13. The quantitative estimate of drug-likeness (QED) is 0.329. The molecule has 4 aromatic rings. The van der Waals surface area contributed by atoms with Crippen LogP contribution in [0.1, 0.15) is 38.9 Å². The Balaban J connectivity index is 1.67. The second-order valence-corrected chi connectivity index (χ2v) is 9.13. The van der Waals surface area contributed by atoms with Gasteiger partial charge in [-0.1, -0.05) is 23.8 Å². The van der Waals surface area contributed by atoms with Crippen LogP contribution in [0.5, 0.6) is 23.0 Å². The Labute approximate surface area is 220 Å². The Morgan fingerprint density at radius 2 is 1.53 bits per heavy atom. The summed E-state index contributed by atoms with van der Waals surface area (Å²) >= 11 is 0. The van der Waals surface area contributed by atoms with Crippen LogP contribution in [0.25, 0.3) is 11.0 Å². The van der Waals surface area contributed by atoms with Gasteiger partial charge in [-0.15, -0.1) is 0 Å². The van der Waals surface area contributed by atoms with Crippen LogP contribution in [0.3, 0.4) is 0 Å². The van der Waals surface area contributed by atoms with E-state index in [1.54, 1.807) is 36.3 Å². The minimum Gasteiger partial charge on any atom is -0.497 e. The summed E-state index contributed by atoms with van der Waals surface area (Å²) in [6.07, 6.45) is 0.567. The molecule has 1 aliphatic rings. The van der Waals surface area contributed by atoms with E-state index in [4.69, 9.17) is 23.4 Å². The summed E-state index contributed by atoms with van der Waals surface area (Å²) in [6, 6.07) is 15.9. The number of hydrogen-bond donors (Lipinski definition) is 0. The average Bonchev–Trinajstić information content (AvgIpc) is 3.23. The number of nitrogens with zero attached hydrogens (tertiary/aromatic N) is 1. The van der Waals surface area contributed by atoms with Crippen LogP contribution in [0.4, 0.5) is 0 Å². The first kappa shape index (κ1) is 25.2. The van der Waals surface area contributed by atoms with Gasteiger partial charge in [0.05, 0.1) is 45.4 Å². The molecule has 1 amide bonds. The van der Waals surface area contributed by atoms with Gasteiger partial charge in [-0.2, -0.15) is 0 Å². The fourth-order valence-corrected chi connectivity index (χ4v) is 5.01. The molecule has 196 valence electrons. The molecule has 0 bridgehead atoms. The molecule has 0 N–H and O–H groups in total. The molecule has 1 atom stereocenters. The average molecular weight is 516 g/mol. The number of benzene rings is 3. The highest BCUT2D eigenvalue weighted by Crippen LogP contribution is 2.45. The summed E-state index contributed by atoms with van der Waals surface area (Å²) in [5.41, 5.74) is 3.06. The van der Waals surface area contributed by atoms with Crippen molar-refractivity contribution in [3.05, 3.63) is 92.8 Å². The number of methoxy groups -OCH3 is 4. The topological polar surface area (TPSA) is 87.4 Å². The molecule has 8 nitrogen and oxygen atoms in total. The van der Waals surface area contributed by atoms with Crippen LogP contribution in [-0.2, 0) is 6.42 Å². The van der Waals surface area contributed by atoms with Gasteiger partial charge in [0.15, 0.2) is 16.9 Å². The molecule has 38 heavy (non-hydrogen) atoms. The lowest BCUT2D eigenvalue weighted by atomic mass is 9.97. The van der Waals surface area contributed by atoms with Crippen LogP contribution in [0.2, 0.25) is 0 Å². The molecule has 1 aliphatic heterocycles. The number of rotatable bonds is 8. The first-order valence-electron chi connectivity index (χ1n) is 12.2. The minimum absolute atomic E-state index is 0.0554. The smallest absolute Gasteiger partial charge is 0.290 e. The van der Waals surface area contributed by atoms with E-state index in [0.29, 0.717) is 52.3 Å². The normalized spacial score (nSPS) is 14.5. The summed E-state index contributed by atoms with van der Waals surface area (Å²) in [5.74, 6) is 1.75. The van der Waals surface area contributed by atoms with Crippen molar-refractivity contribution in [2.24, 2.45) is 0 Å². The van der Waals surface area contributed by atoms with E-state index in [1.165, 1.54) is 21.3 Å². The molecule has 1 unspecified atom stereocenters. The number of ether oxygens (including phenoxy) is 4. The number of fused-ring (bicyclic) bond motifs is 2. The van der Waals surface area contributed by atoms with Crippen LogP contribution in [0, 0.1) is 6.92 Å². The van der Waals surface area contributed by atoms with Crippen LogP contribution < -0.4 is 24.4 Å². The van der Waals surface area contributed by atoms with E-state index < -0.39 is 6.04 Å². The molecule has 0 fully saturated rings. The van der Waals surface area contributed by atoms with Crippen molar-refractivity contribution < 1.29 is 28.2 Å². The maximum Gasteiger partial charge on any atom is 0.290 e. The van der Waals surface area contributed by atoms with E-state index in [0.717, 1.165) is 16.9 Å². The van der Waals surface area contributed by atoms with Crippen molar-refractivity contribution in [3.8, 4) is 23.0 Å². The molecule has 0 saturated carbocycles. The molecule has 1 aromatic heterocycles. The summed E-state index contributed by atoms with van der Waals surface area (Å²) in [7, 11) is 6.20. The third-order valence-electron chi connectivity index (χ3n) is 6.92. The van der Waals surface area contributed by atoms with Crippen molar-refractivity contribution in [1.29, 1.82) is 0 Å². The van der Waals surface area contributed by atoms with E-state index >= 15 is 0 Å². The molecule has 2 heterocycles. The maximum atomic E-state index is 13.9. The third-order valence-corrected chi connectivity index (χ3v) is 6.92. The fourth-order valence-electron chi connectivity index (χ4n) is 5.01. The summed E-state index contributed by atoms with van der Waals surface area (Å²) < 4.78 is 28.0. The first-order chi connectivity index (χ1) is 18.4. The second kappa shape index (κ2) is 10.1. The zero-order valence-corrected chi connectivity index (χ0v) is 22.0. The van der Waals surface area contributed by atoms with Gasteiger partial charge in [0.2, 0.25) is 11.5 Å². The molecule has 0 radical (unpaired) electrons. The maximum absolute atomic E-state index is 13.9. The highest BCUT2D eigenvalue weighted by molar-refractivity contribution is 5.99. The number of hydrogen-bond acceptors (Lipinski definition) is 7. The van der Waals surface area contributed by atoms with Gasteiger partial charge in [0, 0.05) is 6.54 Å². The summed E-state index contributed by atoms with van der Waals surface area (Å²) in [6.45, 7) is 2.26. The standard InChI is InChI=1S/C30H29NO7/c1-17-6-11-22-21(14-17)27(32)25-26(19-15-23(35-3)28(37-5)24(16-19)36-4)31(30(33)29(25)38-22)13-12-18-7-9-20(34-2)10-8-18/h6-11,14-16,26H,12-13H2,1-5H3. The molecular weight excluding hydrogens is 486 g/mol. The summed E-state index contributed by atoms with van der Waals surface area (Å²) in [4.78, 5) is 29.3. The van der Waals surface area contributed by atoms with Crippen LogP contribution in [-0.4, -0.2) is 45.8 Å². The Morgan fingerprint density at radius 1 is 0.842 bits per heavy atom. The number of carbonyl (C=O) groups is 1. The van der Waals surface area contributed by atoms with Crippen molar-refractivity contribution in [1.82, 2.24) is 4.90 Å². The van der Waals surface area contributed by atoms with Crippen molar-refractivity contribution in [3.63, 3.8) is 0 Å². The largest absolute Gasteiger partial charge is 0.497 e. The Kier molecular flexibility index (Phi) is 6.72. The minimum atomic E-state index is -0.703. The molecule has 5 rings (SSSR count). The highest BCUT2D eigenvalue weighted by Gasteiger charge is 2.43. The number of amides is 1. The van der Waals surface area contributed by atoms with Gasteiger partial charge in [-0.3, -0.25) is 9.59 Å². The monoisotopic (exact) mass is 515 g/mol. The molecule has 8 heteroatoms. The predicted molar refractivity (Wildman–Crippen MR) is 143 cm³/mol. The van der Waals surface area contributed by atoms with Crippen molar-refractivity contribution in [2.75, 3.05) is 35.0 Å². The van der Waals surface area contributed by atoms with Crippen molar-refractivity contribution >= 4 is 16.9 Å². The third kappa shape index (κ3) is 4.22. The van der Waals surface area contributed by atoms with Crippen molar-refractivity contribution in [2.45, 2.75) is 19.4 Å². The van der Waals surface area contributed by atoms with E-state index in [1.807, 2.05) is 37.3 Å². The van der Waals surface area contributed by atoms with Gasteiger partial charge >= 0.3 is 0 Å². The van der Waals surface area contributed by atoms with E-state index in [2.05, 4.69) is 0 Å². The van der Waals surface area contributed by atoms with Crippen LogP contribution in [0.15, 0.2) is 63.8 Å². The van der Waals surface area contributed by atoms with E-state index in [-0.39, 0.29) is 17.1 Å². The molecule has 0 aliphatic carbocycles. The predicted octanol–water partition coefficient (Wildman–Crippen LogP) is 4.92. The van der Waals surface area contributed by atoms with E-state index in [9.17, 15) is 9.59 Å². The Morgan fingerprint density at radius 3 is 2.13 bits per heavy atom. The number of aryl methyl sites for hydroxylation is 1. The van der Waals surface area contributed by atoms with Gasteiger partial charge < -0.3 is 28.3 Å². The van der Waals surface area contributed by atoms with Gasteiger partial charge in [-0.25, -0.2) is 0 Å². The lowest BCUT2D eigenvalue weighted by Gasteiger charge is -2.26. The lowest BCUT2D eigenvalue weighted by Crippen LogP contribution is -2.31. The molecular formula is C30H29NO7. The zero-order valence-electron chi connectivity index (χ0n) is 22.0. The van der Waals surface area contributed by atoms with Crippen LogP contribution >= 0.6 is 0 Å². The molecule has 0 saturated heterocycles. The lowest BCUT2D eigenvalue weighted by molar-refractivity contribution is 0.0729. The summed E-state index contributed by atoms with van der Waals surface area (Å²) in [5, 5.41) is 0.436. The molecule has 3 aromatic carbocycles. The number of carbonyl (C=O) groups excluding carboxylic acids is 1. The molecule has 0 spiro atoms. The Bertz CT molecular complexity index is 1550. The Hall–Kier alpha value is -4.46. The SMILES string of the molecule is COc1ccc(CCN2C(=O)c3oc4ccc(C)cc4c(=O)c3C2c2cc(OC)c(OC)c(OC)c2)cc1. The first-order valence-corrected chi connectivity index (χ1v) is 12.2.